The van der Waals surface area contributed by atoms with Gasteiger partial charge >= 0.3 is 5.97 Å². The molecule has 114 valence electrons. The smallest absolute Gasteiger partial charge is 0.310 e. The van der Waals surface area contributed by atoms with Crippen molar-refractivity contribution in [3.63, 3.8) is 0 Å². The molecular weight excluding hydrogens is 268 g/mol. The standard InChI is InChI=1S/C17H22O4/c1-19-14-6-4-12(9-16(14)20-2)10-17(18)21-15-8-11-3-5-13(15)7-11/h4,6,9,11,13,15H,3,5,7-8,10H2,1-2H3. The lowest BCUT2D eigenvalue weighted by Crippen LogP contribution is -2.24. The second kappa shape index (κ2) is 5.96. The molecule has 3 unspecified atom stereocenters. The Morgan fingerprint density at radius 1 is 1.14 bits per heavy atom. The van der Waals surface area contributed by atoms with Crippen LogP contribution in [0.4, 0.5) is 0 Å². The normalized spacial score (nSPS) is 26.7. The largest absolute Gasteiger partial charge is 0.493 e. The fraction of sp³-hybridized carbons (Fsp3) is 0.588. The highest BCUT2D eigenvalue weighted by Crippen LogP contribution is 2.45. The van der Waals surface area contributed by atoms with E-state index in [1.165, 1.54) is 19.3 Å². The highest BCUT2D eigenvalue weighted by Gasteiger charge is 2.41. The maximum absolute atomic E-state index is 12.1. The number of methoxy groups -OCH3 is 2. The number of hydrogen-bond acceptors (Lipinski definition) is 4. The van der Waals surface area contributed by atoms with Crippen molar-refractivity contribution in [2.24, 2.45) is 11.8 Å². The van der Waals surface area contributed by atoms with Crippen molar-refractivity contribution in [2.75, 3.05) is 14.2 Å². The van der Waals surface area contributed by atoms with Gasteiger partial charge in [-0.25, -0.2) is 0 Å². The lowest BCUT2D eigenvalue weighted by Gasteiger charge is -2.22. The third-order valence-corrected chi connectivity index (χ3v) is 4.75. The Morgan fingerprint density at radius 3 is 2.57 bits per heavy atom. The van der Waals surface area contributed by atoms with E-state index in [0.29, 0.717) is 17.4 Å². The molecule has 2 saturated carbocycles. The van der Waals surface area contributed by atoms with Crippen LogP contribution >= 0.6 is 0 Å². The van der Waals surface area contributed by atoms with Gasteiger partial charge < -0.3 is 14.2 Å². The third-order valence-electron chi connectivity index (χ3n) is 4.75. The molecule has 2 aliphatic rings. The fourth-order valence-electron chi connectivity index (χ4n) is 3.70. The van der Waals surface area contributed by atoms with Gasteiger partial charge in [-0.2, -0.15) is 0 Å². The summed E-state index contributed by atoms with van der Waals surface area (Å²) < 4.78 is 16.1. The van der Waals surface area contributed by atoms with Crippen molar-refractivity contribution in [3.8, 4) is 11.5 Å². The van der Waals surface area contributed by atoms with Gasteiger partial charge in [0.05, 0.1) is 20.6 Å². The molecule has 0 heterocycles. The molecule has 0 amide bonds. The lowest BCUT2D eigenvalue weighted by atomic mass is 9.98. The molecule has 0 spiro atoms. The van der Waals surface area contributed by atoms with Crippen LogP contribution in [0.2, 0.25) is 0 Å². The Hall–Kier alpha value is -1.71. The molecule has 0 saturated heterocycles. The maximum Gasteiger partial charge on any atom is 0.310 e. The zero-order valence-corrected chi connectivity index (χ0v) is 12.6. The van der Waals surface area contributed by atoms with Crippen LogP contribution in [0.15, 0.2) is 18.2 Å². The summed E-state index contributed by atoms with van der Waals surface area (Å²) in [6.07, 6.45) is 5.27. The summed E-state index contributed by atoms with van der Waals surface area (Å²) in [6.45, 7) is 0. The van der Waals surface area contributed by atoms with E-state index in [-0.39, 0.29) is 18.5 Å². The van der Waals surface area contributed by atoms with E-state index < -0.39 is 0 Å². The van der Waals surface area contributed by atoms with Crippen molar-refractivity contribution in [2.45, 2.75) is 38.2 Å². The Bertz CT molecular complexity index is 526. The summed E-state index contributed by atoms with van der Waals surface area (Å²) >= 11 is 0. The van der Waals surface area contributed by atoms with Crippen LogP contribution in [0, 0.1) is 11.8 Å². The van der Waals surface area contributed by atoms with Gasteiger partial charge in [-0.05, 0) is 55.2 Å². The Kier molecular flexibility index (Phi) is 4.04. The minimum absolute atomic E-state index is 0.139. The summed E-state index contributed by atoms with van der Waals surface area (Å²) in [4.78, 5) is 12.1. The van der Waals surface area contributed by atoms with Crippen molar-refractivity contribution in [3.05, 3.63) is 23.8 Å². The molecule has 2 bridgehead atoms. The van der Waals surface area contributed by atoms with E-state index in [1.807, 2.05) is 18.2 Å². The first-order valence-electron chi connectivity index (χ1n) is 7.60. The van der Waals surface area contributed by atoms with Crippen molar-refractivity contribution >= 4 is 5.97 Å². The fourth-order valence-corrected chi connectivity index (χ4v) is 3.70. The molecule has 21 heavy (non-hydrogen) atoms. The number of benzene rings is 1. The number of rotatable bonds is 5. The first-order chi connectivity index (χ1) is 10.2. The number of esters is 1. The van der Waals surface area contributed by atoms with E-state index in [0.717, 1.165) is 17.9 Å². The van der Waals surface area contributed by atoms with Crippen LogP contribution in [0.3, 0.4) is 0 Å². The second-order valence-corrected chi connectivity index (χ2v) is 6.07. The van der Waals surface area contributed by atoms with E-state index in [4.69, 9.17) is 14.2 Å². The predicted molar refractivity (Wildman–Crippen MR) is 78.6 cm³/mol. The zero-order chi connectivity index (χ0) is 14.8. The minimum atomic E-state index is -0.139. The number of carbonyl (C=O) groups is 1. The van der Waals surface area contributed by atoms with Crippen LogP contribution in [0.25, 0.3) is 0 Å². The Morgan fingerprint density at radius 2 is 1.95 bits per heavy atom. The molecule has 0 aliphatic heterocycles. The first kappa shape index (κ1) is 14.2. The molecule has 3 rings (SSSR count). The van der Waals surface area contributed by atoms with E-state index in [9.17, 15) is 4.79 Å². The predicted octanol–water partition coefficient (Wildman–Crippen LogP) is 2.98. The van der Waals surface area contributed by atoms with E-state index in [2.05, 4.69) is 0 Å². The summed E-state index contributed by atoms with van der Waals surface area (Å²) in [5, 5.41) is 0. The molecular formula is C17H22O4. The number of fused-ring (bicyclic) bond motifs is 2. The lowest BCUT2D eigenvalue weighted by molar-refractivity contribution is -0.150. The van der Waals surface area contributed by atoms with Crippen molar-refractivity contribution < 1.29 is 19.0 Å². The van der Waals surface area contributed by atoms with Gasteiger partial charge in [0.25, 0.3) is 0 Å². The van der Waals surface area contributed by atoms with Gasteiger partial charge in [-0.1, -0.05) is 6.07 Å². The molecule has 1 aromatic carbocycles. The monoisotopic (exact) mass is 290 g/mol. The van der Waals surface area contributed by atoms with E-state index in [1.54, 1.807) is 14.2 Å². The SMILES string of the molecule is COc1ccc(CC(=O)OC2CC3CCC2C3)cc1OC. The Balaban J connectivity index is 1.59. The molecule has 1 aromatic rings. The second-order valence-electron chi connectivity index (χ2n) is 6.07. The summed E-state index contributed by atoms with van der Waals surface area (Å²) in [5.74, 6) is 2.56. The molecule has 3 atom stereocenters. The average molecular weight is 290 g/mol. The van der Waals surface area contributed by atoms with Gasteiger partial charge in [0, 0.05) is 0 Å². The molecule has 0 N–H and O–H groups in total. The van der Waals surface area contributed by atoms with Gasteiger partial charge in [-0.3, -0.25) is 4.79 Å². The van der Waals surface area contributed by atoms with Gasteiger partial charge in [-0.15, -0.1) is 0 Å². The molecule has 2 fully saturated rings. The van der Waals surface area contributed by atoms with Gasteiger partial charge in [0.1, 0.15) is 6.10 Å². The number of ether oxygens (including phenoxy) is 3. The molecule has 0 aromatic heterocycles. The van der Waals surface area contributed by atoms with Crippen molar-refractivity contribution in [1.82, 2.24) is 0 Å². The zero-order valence-electron chi connectivity index (χ0n) is 12.6. The summed E-state index contributed by atoms with van der Waals surface area (Å²) in [6, 6.07) is 5.53. The molecule has 4 nitrogen and oxygen atoms in total. The summed E-state index contributed by atoms with van der Waals surface area (Å²) in [7, 11) is 3.19. The number of carbonyl (C=O) groups excluding carboxylic acids is 1. The summed E-state index contributed by atoms with van der Waals surface area (Å²) in [5.41, 5.74) is 0.890. The average Bonchev–Trinajstić information content (AvgIpc) is 3.09. The third kappa shape index (κ3) is 2.99. The van der Waals surface area contributed by atoms with E-state index >= 15 is 0 Å². The van der Waals surface area contributed by atoms with Gasteiger partial charge in [0.15, 0.2) is 11.5 Å². The molecule has 2 aliphatic carbocycles. The topological polar surface area (TPSA) is 44.8 Å². The van der Waals surface area contributed by atoms with Crippen LogP contribution in [-0.2, 0) is 16.0 Å². The number of hydrogen-bond donors (Lipinski definition) is 0. The highest BCUT2D eigenvalue weighted by molar-refractivity contribution is 5.73. The van der Waals surface area contributed by atoms with Gasteiger partial charge in [0.2, 0.25) is 0 Å². The van der Waals surface area contributed by atoms with Crippen LogP contribution in [-0.4, -0.2) is 26.3 Å². The Labute approximate surface area is 125 Å². The molecule has 4 heteroatoms. The van der Waals surface area contributed by atoms with Crippen LogP contribution in [0.5, 0.6) is 11.5 Å². The molecule has 0 radical (unpaired) electrons. The maximum atomic E-state index is 12.1. The minimum Gasteiger partial charge on any atom is -0.493 e. The quantitative estimate of drug-likeness (QED) is 0.782. The highest BCUT2D eigenvalue weighted by atomic mass is 16.5. The first-order valence-corrected chi connectivity index (χ1v) is 7.60. The van der Waals surface area contributed by atoms with Crippen LogP contribution < -0.4 is 9.47 Å². The van der Waals surface area contributed by atoms with Crippen LogP contribution in [0.1, 0.15) is 31.2 Å². The van der Waals surface area contributed by atoms with Crippen molar-refractivity contribution in [1.29, 1.82) is 0 Å².